The maximum absolute atomic E-state index is 12.1. The van der Waals surface area contributed by atoms with Crippen LogP contribution in [0.2, 0.25) is 0 Å². The molecule has 0 aliphatic heterocycles. The lowest BCUT2D eigenvalue weighted by Gasteiger charge is -2.14. The Morgan fingerprint density at radius 2 is 1.25 bits per heavy atom. The zero-order valence-electron chi connectivity index (χ0n) is 12.5. The third-order valence-electron chi connectivity index (χ3n) is 3.27. The molecule has 0 aromatic heterocycles. The minimum absolute atomic E-state index is 0.0667. The van der Waals surface area contributed by atoms with Crippen LogP contribution in [0.4, 0.5) is 5.69 Å². The Kier molecular flexibility index (Phi) is 5.62. The van der Waals surface area contributed by atoms with E-state index in [9.17, 15) is 14.4 Å². The maximum Gasteiger partial charge on any atom is 0.164 e. The van der Waals surface area contributed by atoms with Gasteiger partial charge < -0.3 is 5.32 Å². The fourth-order valence-corrected chi connectivity index (χ4v) is 2.10. The summed E-state index contributed by atoms with van der Waals surface area (Å²) in [6, 6.07) is 3.19. The number of ketones is 3. The second-order valence-corrected chi connectivity index (χ2v) is 4.53. The first-order chi connectivity index (χ1) is 9.49. The van der Waals surface area contributed by atoms with Crippen molar-refractivity contribution in [2.45, 2.75) is 40.0 Å². The summed E-state index contributed by atoms with van der Waals surface area (Å²) in [5.41, 5.74) is 1.80. The van der Waals surface area contributed by atoms with Crippen LogP contribution in [-0.2, 0) is 0 Å². The molecule has 0 aliphatic rings. The third kappa shape index (κ3) is 3.13. The summed E-state index contributed by atoms with van der Waals surface area (Å²) < 4.78 is 0. The molecule has 0 atom stereocenters. The van der Waals surface area contributed by atoms with Crippen LogP contribution in [0.25, 0.3) is 0 Å². The molecule has 0 saturated heterocycles. The van der Waals surface area contributed by atoms with E-state index in [-0.39, 0.29) is 17.3 Å². The highest BCUT2D eigenvalue weighted by Gasteiger charge is 2.20. The molecule has 4 heteroatoms. The lowest BCUT2D eigenvalue weighted by Crippen LogP contribution is -2.12. The van der Waals surface area contributed by atoms with E-state index in [1.54, 1.807) is 40.0 Å². The molecule has 1 aromatic rings. The molecule has 0 radical (unpaired) electrons. The molecule has 1 rings (SSSR count). The minimum Gasteiger partial charge on any atom is -0.387 e. The highest BCUT2D eigenvalue weighted by Crippen LogP contribution is 2.26. The summed E-state index contributed by atoms with van der Waals surface area (Å²) >= 11 is 0. The van der Waals surface area contributed by atoms with Gasteiger partial charge in [-0.2, -0.15) is 0 Å². The lowest BCUT2D eigenvalue weighted by molar-refractivity contribution is 0.0987. The first-order valence-corrected chi connectivity index (χ1v) is 6.95. The van der Waals surface area contributed by atoms with Crippen molar-refractivity contribution in [3.05, 3.63) is 28.8 Å². The monoisotopic (exact) mass is 275 g/mol. The maximum atomic E-state index is 12.1. The third-order valence-corrected chi connectivity index (χ3v) is 3.27. The molecule has 0 saturated carbocycles. The van der Waals surface area contributed by atoms with Gasteiger partial charge in [-0.1, -0.05) is 20.8 Å². The topological polar surface area (TPSA) is 63.2 Å². The molecule has 0 bridgehead atoms. The van der Waals surface area contributed by atoms with Crippen LogP contribution in [0.1, 0.15) is 71.1 Å². The van der Waals surface area contributed by atoms with E-state index < -0.39 is 0 Å². The second-order valence-electron chi connectivity index (χ2n) is 4.53. The van der Waals surface area contributed by atoms with Gasteiger partial charge in [0.1, 0.15) is 0 Å². The average Bonchev–Trinajstić information content (AvgIpc) is 2.50. The van der Waals surface area contributed by atoms with Crippen LogP contribution < -0.4 is 5.32 Å². The molecule has 0 unspecified atom stereocenters. The number of carbonyl (C=O) groups excluding carboxylic acids is 3. The summed E-state index contributed by atoms with van der Waals surface area (Å²) in [4.78, 5) is 36.0. The predicted octanol–water partition coefficient (Wildman–Crippen LogP) is 3.51. The summed E-state index contributed by atoms with van der Waals surface area (Å²) in [5.74, 6) is -0.224. The Bertz CT molecular complexity index is 510. The summed E-state index contributed by atoms with van der Waals surface area (Å²) in [5, 5.41) is 2.93. The molecule has 0 heterocycles. The van der Waals surface area contributed by atoms with Gasteiger partial charge in [-0.05, 0) is 12.1 Å². The molecule has 4 nitrogen and oxygen atoms in total. The highest BCUT2D eigenvalue weighted by molar-refractivity contribution is 6.12. The standard InChI is InChI=1S/C16H21NO3/c1-5-13(18)10-8-11(14(19)6-2)16(17-4)12(9-10)15(20)7-3/h8-9,17H,5-7H2,1-4H3. The summed E-state index contributed by atoms with van der Waals surface area (Å²) in [6.45, 7) is 5.28. The van der Waals surface area contributed by atoms with E-state index in [4.69, 9.17) is 0 Å². The number of rotatable bonds is 7. The quantitative estimate of drug-likeness (QED) is 0.773. The van der Waals surface area contributed by atoms with Gasteiger partial charge in [-0.25, -0.2) is 0 Å². The van der Waals surface area contributed by atoms with E-state index in [2.05, 4.69) is 5.32 Å². The predicted molar refractivity (Wildman–Crippen MR) is 79.9 cm³/mol. The highest BCUT2D eigenvalue weighted by atomic mass is 16.1. The molecule has 20 heavy (non-hydrogen) atoms. The van der Waals surface area contributed by atoms with Gasteiger partial charge in [0.2, 0.25) is 0 Å². The number of hydrogen-bond acceptors (Lipinski definition) is 4. The van der Waals surface area contributed by atoms with E-state index in [0.29, 0.717) is 41.6 Å². The second kappa shape index (κ2) is 6.98. The van der Waals surface area contributed by atoms with Crippen molar-refractivity contribution in [1.29, 1.82) is 0 Å². The van der Waals surface area contributed by atoms with E-state index >= 15 is 0 Å². The van der Waals surface area contributed by atoms with E-state index in [0.717, 1.165) is 0 Å². The Morgan fingerprint density at radius 1 is 0.850 bits per heavy atom. The zero-order valence-corrected chi connectivity index (χ0v) is 12.5. The summed E-state index contributed by atoms with van der Waals surface area (Å²) in [7, 11) is 1.68. The number of benzene rings is 1. The smallest absolute Gasteiger partial charge is 0.164 e. The van der Waals surface area contributed by atoms with Crippen LogP contribution in [0.15, 0.2) is 12.1 Å². The number of nitrogens with one attached hydrogen (secondary N) is 1. The molecule has 0 spiro atoms. The van der Waals surface area contributed by atoms with Gasteiger partial charge in [0.05, 0.1) is 5.69 Å². The first kappa shape index (κ1) is 16.1. The van der Waals surface area contributed by atoms with Crippen LogP contribution in [0.3, 0.4) is 0 Å². The Morgan fingerprint density at radius 3 is 1.55 bits per heavy atom. The van der Waals surface area contributed by atoms with Crippen LogP contribution in [-0.4, -0.2) is 24.4 Å². The fraction of sp³-hybridized carbons (Fsp3) is 0.438. The number of Topliss-reactive ketones (excluding diaryl/α,β-unsaturated/α-hetero) is 3. The Labute approximate surface area is 119 Å². The number of anilines is 1. The van der Waals surface area contributed by atoms with Gasteiger partial charge >= 0.3 is 0 Å². The van der Waals surface area contributed by atoms with Crippen molar-refractivity contribution in [2.75, 3.05) is 12.4 Å². The van der Waals surface area contributed by atoms with Crippen molar-refractivity contribution in [1.82, 2.24) is 0 Å². The van der Waals surface area contributed by atoms with Gasteiger partial charge in [0.25, 0.3) is 0 Å². The zero-order chi connectivity index (χ0) is 15.3. The van der Waals surface area contributed by atoms with Crippen molar-refractivity contribution in [2.24, 2.45) is 0 Å². The molecule has 0 aliphatic carbocycles. The van der Waals surface area contributed by atoms with Crippen molar-refractivity contribution >= 4 is 23.0 Å². The van der Waals surface area contributed by atoms with Gasteiger partial charge in [-0.3, -0.25) is 14.4 Å². The van der Waals surface area contributed by atoms with Crippen molar-refractivity contribution in [3.8, 4) is 0 Å². The van der Waals surface area contributed by atoms with Gasteiger partial charge in [0.15, 0.2) is 17.3 Å². The van der Waals surface area contributed by atoms with Crippen LogP contribution in [0, 0.1) is 0 Å². The van der Waals surface area contributed by atoms with E-state index in [1.165, 1.54) is 0 Å². The molecular formula is C16H21NO3. The van der Waals surface area contributed by atoms with E-state index in [1.807, 2.05) is 0 Å². The van der Waals surface area contributed by atoms with Crippen LogP contribution >= 0.6 is 0 Å². The minimum atomic E-state index is -0.0785. The van der Waals surface area contributed by atoms with Crippen molar-refractivity contribution in [3.63, 3.8) is 0 Å². The molecule has 0 amide bonds. The van der Waals surface area contributed by atoms with Crippen molar-refractivity contribution < 1.29 is 14.4 Å². The molecular weight excluding hydrogens is 254 g/mol. The normalized spacial score (nSPS) is 10.2. The number of carbonyl (C=O) groups is 3. The van der Waals surface area contributed by atoms with Gasteiger partial charge in [-0.15, -0.1) is 0 Å². The average molecular weight is 275 g/mol. The summed E-state index contributed by atoms with van der Waals surface area (Å²) in [6.07, 6.45) is 1.01. The SMILES string of the molecule is CCC(=O)c1cc(C(=O)CC)c(NC)c(C(=O)CC)c1. The Hall–Kier alpha value is -1.97. The Balaban J connectivity index is 3.59. The molecule has 108 valence electrons. The molecule has 1 aromatic carbocycles. The van der Waals surface area contributed by atoms with Crippen LogP contribution in [0.5, 0.6) is 0 Å². The molecule has 1 N–H and O–H groups in total. The largest absolute Gasteiger partial charge is 0.387 e. The van der Waals surface area contributed by atoms with Gasteiger partial charge in [0, 0.05) is 43.0 Å². The lowest BCUT2D eigenvalue weighted by atomic mass is 9.93. The first-order valence-electron chi connectivity index (χ1n) is 6.95. The fourth-order valence-electron chi connectivity index (χ4n) is 2.10. The molecule has 0 fully saturated rings. The number of hydrogen-bond donors (Lipinski definition) is 1.